The summed E-state index contributed by atoms with van der Waals surface area (Å²) in [7, 11) is -10.7. The molecule has 5 N–H and O–H groups in total. The maximum Gasteiger partial charge on any atom is 0.369 e. The number of hydrogen-bond donors (Lipinski definition) is 5. The minimum Gasteiger partial charge on any atom is -0.368 e. The lowest BCUT2D eigenvalue weighted by Crippen LogP contribution is -2.28. The molecular formula is C11H19NO7P2S. The molecule has 1 heterocycles. The Hall–Kier alpha value is -0.240. The van der Waals surface area contributed by atoms with E-state index in [1.54, 1.807) is 12.3 Å². The van der Waals surface area contributed by atoms with Crippen LogP contribution in [-0.2, 0) is 9.13 Å². The van der Waals surface area contributed by atoms with Crippen molar-refractivity contribution in [2.45, 2.75) is 35.8 Å². The smallest absolute Gasteiger partial charge is 0.368 e. The summed E-state index contributed by atoms with van der Waals surface area (Å²) in [6.45, 7) is 0. The number of hydrogen-bond acceptors (Lipinski definition) is 5. The van der Waals surface area contributed by atoms with Crippen molar-refractivity contribution >= 4 is 27.0 Å². The van der Waals surface area contributed by atoms with Crippen molar-refractivity contribution in [3.63, 3.8) is 0 Å². The summed E-state index contributed by atoms with van der Waals surface area (Å²) < 4.78 is 22.3. The van der Waals surface area contributed by atoms with Crippen LogP contribution in [0, 0.1) is 0 Å². The molecule has 0 aliphatic rings. The van der Waals surface area contributed by atoms with Gasteiger partial charge in [0.05, 0.1) is 5.03 Å². The minimum atomic E-state index is -5.34. The number of aromatic nitrogens is 1. The van der Waals surface area contributed by atoms with Crippen LogP contribution in [0.5, 0.6) is 0 Å². The fourth-order valence-electron chi connectivity index (χ4n) is 1.71. The van der Waals surface area contributed by atoms with Crippen molar-refractivity contribution < 1.29 is 33.8 Å². The molecule has 0 atom stereocenters. The molecule has 22 heavy (non-hydrogen) atoms. The molecular weight excluding hydrogens is 352 g/mol. The van der Waals surface area contributed by atoms with Crippen LogP contribution in [0.1, 0.15) is 25.7 Å². The highest BCUT2D eigenvalue weighted by molar-refractivity contribution is 7.99. The number of pyridine rings is 1. The van der Waals surface area contributed by atoms with Gasteiger partial charge in [-0.3, -0.25) is 9.13 Å². The van der Waals surface area contributed by atoms with Crippen molar-refractivity contribution in [3.05, 3.63) is 24.4 Å². The van der Waals surface area contributed by atoms with Crippen molar-refractivity contribution in [1.29, 1.82) is 0 Å². The first-order valence-corrected chi connectivity index (χ1v) is 10.7. The summed E-state index contributed by atoms with van der Waals surface area (Å²) in [6.07, 6.45) is 2.25. The summed E-state index contributed by atoms with van der Waals surface area (Å²) in [5.74, 6) is 0.710. The zero-order valence-corrected chi connectivity index (χ0v) is 14.3. The van der Waals surface area contributed by atoms with E-state index in [1.807, 2.05) is 12.1 Å². The number of nitrogens with zero attached hydrogens (tertiary/aromatic N) is 1. The van der Waals surface area contributed by atoms with E-state index in [-0.39, 0.29) is 6.42 Å². The predicted octanol–water partition coefficient (Wildman–Crippen LogP) is 1.74. The second-order valence-corrected chi connectivity index (χ2v) is 9.81. The van der Waals surface area contributed by atoms with Gasteiger partial charge in [0.2, 0.25) is 0 Å². The first-order chi connectivity index (χ1) is 10.1. The third-order valence-corrected chi connectivity index (χ3v) is 7.88. The van der Waals surface area contributed by atoms with E-state index in [0.717, 1.165) is 5.03 Å². The highest BCUT2D eigenvalue weighted by atomic mass is 32.2. The SMILES string of the molecule is O=P(O)(O)C(O)(CCCCCSc1ccccn1)P(=O)(O)O. The molecule has 0 aromatic carbocycles. The molecule has 1 rings (SSSR count). The summed E-state index contributed by atoms with van der Waals surface area (Å²) in [4.78, 5) is 40.0. The van der Waals surface area contributed by atoms with E-state index < -0.39 is 26.7 Å². The van der Waals surface area contributed by atoms with E-state index in [2.05, 4.69) is 4.98 Å². The van der Waals surface area contributed by atoms with Crippen LogP contribution in [0.4, 0.5) is 0 Å². The highest BCUT2D eigenvalue weighted by Crippen LogP contribution is 2.69. The van der Waals surface area contributed by atoms with Gasteiger partial charge in [0, 0.05) is 6.20 Å². The van der Waals surface area contributed by atoms with Crippen LogP contribution in [0.25, 0.3) is 0 Å². The van der Waals surface area contributed by atoms with E-state index in [9.17, 15) is 14.2 Å². The van der Waals surface area contributed by atoms with E-state index in [1.165, 1.54) is 11.8 Å². The normalized spacial score (nSPS) is 13.3. The quantitative estimate of drug-likeness (QED) is 0.248. The molecule has 11 heteroatoms. The van der Waals surface area contributed by atoms with Crippen LogP contribution >= 0.6 is 27.0 Å². The van der Waals surface area contributed by atoms with Crippen molar-refractivity contribution in [1.82, 2.24) is 4.98 Å². The Morgan fingerprint density at radius 2 is 1.68 bits per heavy atom. The van der Waals surface area contributed by atoms with Gasteiger partial charge in [-0.2, -0.15) is 0 Å². The molecule has 0 radical (unpaired) electrons. The Balaban J connectivity index is 2.39. The largest absolute Gasteiger partial charge is 0.369 e. The molecule has 1 aromatic heterocycles. The van der Waals surface area contributed by atoms with Crippen molar-refractivity contribution in [2.75, 3.05) is 5.75 Å². The van der Waals surface area contributed by atoms with Crippen molar-refractivity contribution in [3.8, 4) is 0 Å². The van der Waals surface area contributed by atoms with Gasteiger partial charge in [-0.25, -0.2) is 4.98 Å². The number of unbranched alkanes of at least 4 members (excludes halogenated alkanes) is 2. The number of rotatable bonds is 9. The van der Waals surface area contributed by atoms with Crippen LogP contribution in [0.2, 0.25) is 0 Å². The van der Waals surface area contributed by atoms with Gasteiger partial charge in [0.25, 0.3) is 5.08 Å². The fourth-order valence-corrected chi connectivity index (χ4v) is 4.84. The first-order valence-electron chi connectivity index (χ1n) is 6.45. The molecule has 0 spiro atoms. The Kier molecular flexibility index (Phi) is 7.23. The number of thioether (sulfide) groups is 1. The van der Waals surface area contributed by atoms with Gasteiger partial charge in [0.15, 0.2) is 0 Å². The van der Waals surface area contributed by atoms with Crippen LogP contribution in [0.3, 0.4) is 0 Å². The van der Waals surface area contributed by atoms with E-state index in [0.29, 0.717) is 18.6 Å². The lowest BCUT2D eigenvalue weighted by Gasteiger charge is -2.29. The van der Waals surface area contributed by atoms with Gasteiger partial charge in [-0.1, -0.05) is 12.5 Å². The Bertz CT molecular complexity index is 537. The van der Waals surface area contributed by atoms with E-state index in [4.69, 9.17) is 19.6 Å². The standard InChI is InChI=1S/C11H19NO7P2S/c13-11(20(14,15)16,21(17,18)19)7-3-1-5-9-22-10-6-2-4-8-12-10/h2,4,6,8,13H,1,3,5,7,9H2,(H2,14,15,16)(H2,17,18,19). The predicted molar refractivity (Wildman–Crippen MR) is 82.5 cm³/mol. The minimum absolute atomic E-state index is 0.0928. The zero-order chi connectivity index (χ0) is 16.9. The second kappa shape index (κ2) is 8.04. The van der Waals surface area contributed by atoms with Crippen LogP contribution in [0.15, 0.2) is 29.4 Å². The molecule has 0 fully saturated rings. The third-order valence-electron chi connectivity index (χ3n) is 2.98. The van der Waals surface area contributed by atoms with Gasteiger partial charge < -0.3 is 24.7 Å². The van der Waals surface area contributed by atoms with E-state index >= 15 is 0 Å². The van der Waals surface area contributed by atoms with Crippen LogP contribution in [-0.4, -0.2) is 40.5 Å². The molecule has 0 unspecified atom stereocenters. The maximum absolute atomic E-state index is 11.1. The first kappa shape index (κ1) is 19.8. The van der Waals surface area contributed by atoms with Gasteiger partial charge >= 0.3 is 15.2 Å². The van der Waals surface area contributed by atoms with Gasteiger partial charge in [-0.05, 0) is 37.1 Å². The van der Waals surface area contributed by atoms with Crippen LogP contribution < -0.4 is 0 Å². The molecule has 0 bridgehead atoms. The summed E-state index contributed by atoms with van der Waals surface area (Å²) in [5.41, 5.74) is 0. The highest BCUT2D eigenvalue weighted by Gasteiger charge is 2.58. The molecule has 0 amide bonds. The molecule has 0 saturated carbocycles. The fraction of sp³-hybridized carbons (Fsp3) is 0.545. The Labute approximate surface area is 132 Å². The van der Waals surface area contributed by atoms with Gasteiger partial charge in [-0.15, -0.1) is 11.8 Å². The summed E-state index contributed by atoms with van der Waals surface area (Å²) in [5, 5.41) is 7.23. The Morgan fingerprint density at radius 3 is 2.18 bits per heavy atom. The zero-order valence-electron chi connectivity index (χ0n) is 11.6. The lowest BCUT2D eigenvalue weighted by molar-refractivity contribution is 0.120. The molecule has 8 nitrogen and oxygen atoms in total. The monoisotopic (exact) mass is 371 g/mol. The average Bonchev–Trinajstić information content (AvgIpc) is 2.41. The van der Waals surface area contributed by atoms with Gasteiger partial charge in [0.1, 0.15) is 0 Å². The molecule has 0 saturated heterocycles. The summed E-state index contributed by atoms with van der Waals surface area (Å²) >= 11 is 1.51. The second-order valence-electron chi connectivity index (χ2n) is 4.69. The topological polar surface area (TPSA) is 148 Å². The molecule has 0 aliphatic carbocycles. The van der Waals surface area contributed by atoms with Crippen molar-refractivity contribution in [2.24, 2.45) is 0 Å². The Morgan fingerprint density at radius 1 is 1.05 bits per heavy atom. The average molecular weight is 371 g/mol. The molecule has 126 valence electrons. The third kappa shape index (κ3) is 5.44. The molecule has 1 aromatic rings. The maximum atomic E-state index is 11.1. The molecule has 0 aliphatic heterocycles. The number of aliphatic hydroxyl groups is 1. The summed E-state index contributed by atoms with van der Waals surface area (Å²) in [6, 6.07) is 5.51. The lowest BCUT2D eigenvalue weighted by atomic mass is 10.2.